The summed E-state index contributed by atoms with van der Waals surface area (Å²) in [5.41, 5.74) is -2.57. The predicted octanol–water partition coefficient (Wildman–Crippen LogP) is -0.569. The highest BCUT2D eigenvalue weighted by molar-refractivity contribution is 7.90. The van der Waals surface area contributed by atoms with Crippen LogP contribution < -0.4 is 24.3 Å². The lowest BCUT2D eigenvalue weighted by molar-refractivity contribution is -0.330. The van der Waals surface area contributed by atoms with E-state index in [4.69, 9.17) is 0 Å². The first-order valence-corrected chi connectivity index (χ1v) is 9.67. The maximum absolute atomic E-state index is 11.7. The molecule has 0 radical (unpaired) electrons. The first kappa shape index (κ1) is 30.8. The molecular formula is C12H23NO8P2S. The molecule has 0 heterocycles. The highest BCUT2D eigenvalue weighted by atomic mass is 32.2. The Morgan fingerprint density at radius 2 is 1.25 bits per heavy atom. The maximum Gasteiger partial charge on any atom is 0.241 e. The molecule has 1 N–H and O–H groups in total. The molecule has 0 spiro atoms. The van der Waals surface area contributed by atoms with Crippen LogP contribution in [0.3, 0.4) is 0 Å². The van der Waals surface area contributed by atoms with Gasteiger partial charge in [0.15, 0.2) is 0 Å². The molecule has 0 saturated carbocycles. The Labute approximate surface area is 146 Å². The van der Waals surface area contributed by atoms with Crippen molar-refractivity contribution in [3.8, 4) is 0 Å². The van der Waals surface area contributed by atoms with Crippen LogP contribution >= 0.6 is 15.2 Å². The Kier molecular flexibility index (Phi) is 12.8. The summed E-state index contributed by atoms with van der Waals surface area (Å²) in [5.74, 6) is 0. The lowest BCUT2D eigenvalue weighted by Crippen LogP contribution is -2.45. The van der Waals surface area contributed by atoms with Crippen LogP contribution in [-0.2, 0) is 19.2 Å². The van der Waals surface area contributed by atoms with Gasteiger partial charge < -0.3 is 28.7 Å². The topological polar surface area (TPSA) is 173 Å². The predicted molar refractivity (Wildman–Crippen MR) is 88.3 cm³/mol. The van der Waals surface area contributed by atoms with Crippen LogP contribution in [0.4, 0.5) is 0 Å². The number of sulfonamides is 1. The highest BCUT2D eigenvalue weighted by Gasteiger charge is 2.25. The van der Waals surface area contributed by atoms with E-state index in [1.807, 2.05) is 0 Å². The van der Waals surface area contributed by atoms with Gasteiger partial charge in [-0.1, -0.05) is 17.7 Å². The number of nitrogens with one attached hydrogen (secondary N) is 1. The van der Waals surface area contributed by atoms with Crippen molar-refractivity contribution >= 4 is 25.2 Å². The Balaban J connectivity index is -0.000000267. The van der Waals surface area contributed by atoms with Gasteiger partial charge in [-0.05, 0) is 34.2 Å². The summed E-state index contributed by atoms with van der Waals surface area (Å²) in [5, 5.41) is 0. The smallest absolute Gasteiger partial charge is 0.241 e. The third-order valence-electron chi connectivity index (χ3n) is 2.19. The largest absolute Gasteiger partial charge is 0.809 e. The van der Waals surface area contributed by atoms with Crippen LogP contribution in [0.15, 0.2) is 29.2 Å². The fourth-order valence-corrected chi connectivity index (χ4v) is 5.39. The van der Waals surface area contributed by atoms with Gasteiger partial charge in [0.1, 0.15) is 0 Å². The number of hydrogen-bond donors (Lipinski definition) is 1. The molecule has 0 amide bonds. The van der Waals surface area contributed by atoms with Crippen LogP contribution in [0.2, 0.25) is 0 Å². The molecule has 0 fully saturated rings. The zero-order chi connectivity index (χ0) is 15.8. The van der Waals surface area contributed by atoms with Gasteiger partial charge in [0.2, 0.25) is 10.0 Å². The van der Waals surface area contributed by atoms with E-state index in [1.165, 1.54) is 12.1 Å². The first-order chi connectivity index (χ1) is 8.84. The van der Waals surface area contributed by atoms with Gasteiger partial charge in [0, 0.05) is 31.1 Å². The van der Waals surface area contributed by atoms with Crippen LogP contribution in [0, 0.1) is 36.6 Å². The average molecular weight is 403 g/mol. The quantitative estimate of drug-likeness (QED) is 0.502. The number of rotatable bonds is 5. The van der Waals surface area contributed by atoms with Crippen molar-refractivity contribution < 1.29 is 38.5 Å². The van der Waals surface area contributed by atoms with E-state index in [-0.39, 0.29) is 31.1 Å². The number of aryl methyl sites for hydroxylation is 1. The molecule has 9 nitrogen and oxygen atoms in total. The summed E-state index contributed by atoms with van der Waals surface area (Å²) >= 11 is 0. The average Bonchev–Trinajstić information content (AvgIpc) is 2.23. The standard InChI is InChI=1S/C8H13NO8P2S.4CH3.H2/c1-6-2-4-7(5-3-6)20(16,17)9-8(18(10,11)12)19(13,14)15;;;;;/h2-5,8-9H,1H3,(H2,10,11,12)(H2,13,14,15);4*1H3;1H/q;4*+1;/p-4. The van der Waals surface area contributed by atoms with Gasteiger partial charge in [0.05, 0.1) is 10.4 Å². The molecule has 1 aromatic carbocycles. The third kappa shape index (κ3) is 8.14. The van der Waals surface area contributed by atoms with E-state index in [2.05, 4.69) is 0 Å². The van der Waals surface area contributed by atoms with Crippen molar-refractivity contribution in [1.29, 1.82) is 0 Å². The Bertz CT molecular complexity index is 662. The molecule has 0 atom stereocenters. The molecule has 0 saturated heterocycles. The molecule has 1 rings (SSSR count). The van der Waals surface area contributed by atoms with Crippen LogP contribution in [0.25, 0.3) is 0 Å². The monoisotopic (exact) mass is 403 g/mol. The second-order valence-electron chi connectivity index (χ2n) is 3.89. The second kappa shape index (κ2) is 10.0. The maximum atomic E-state index is 11.7. The highest BCUT2D eigenvalue weighted by Crippen LogP contribution is 2.48. The van der Waals surface area contributed by atoms with E-state index in [0.29, 0.717) is 5.56 Å². The van der Waals surface area contributed by atoms with Crippen molar-refractivity contribution in [2.45, 2.75) is 17.3 Å². The first-order valence-electron chi connectivity index (χ1n) is 4.96. The molecule has 140 valence electrons. The zero-order valence-electron chi connectivity index (χ0n) is 14.0. The molecule has 0 aliphatic heterocycles. The van der Waals surface area contributed by atoms with Crippen LogP contribution in [0.1, 0.15) is 6.99 Å². The van der Waals surface area contributed by atoms with E-state index >= 15 is 0 Å². The lowest BCUT2D eigenvalue weighted by atomic mass is 10.2. The van der Waals surface area contributed by atoms with E-state index in [1.54, 1.807) is 6.92 Å². The summed E-state index contributed by atoms with van der Waals surface area (Å²) < 4.78 is 46.0. The van der Waals surface area contributed by atoms with Crippen molar-refractivity contribution in [2.75, 3.05) is 0 Å². The van der Waals surface area contributed by atoms with Crippen LogP contribution in [0.5, 0.6) is 0 Å². The Hall–Kier alpha value is -1.09. The minimum Gasteiger partial charge on any atom is -0.809 e. The molecule has 1 aromatic rings. The molecule has 0 aliphatic rings. The lowest BCUT2D eigenvalue weighted by Gasteiger charge is -2.48. The van der Waals surface area contributed by atoms with E-state index in [9.17, 15) is 37.1 Å². The summed E-state index contributed by atoms with van der Waals surface area (Å²) in [6.45, 7) is 1.65. The second-order valence-corrected chi connectivity index (χ2v) is 9.20. The number of hydrogen-bond acceptors (Lipinski definition) is 8. The molecule has 0 unspecified atom stereocenters. The molecule has 0 aromatic heterocycles. The molecule has 12 heteroatoms. The summed E-state index contributed by atoms with van der Waals surface area (Å²) in [4.78, 5) is 42.4. The van der Waals surface area contributed by atoms with Gasteiger partial charge in [-0.15, -0.1) is 0 Å². The summed E-state index contributed by atoms with van der Waals surface area (Å²) in [7, 11) is -16.6. The summed E-state index contributed by atoms with van der Waals surface area (Å²) in [6.07, 6.45) is 0. The normalized spacial score (nSPS) is 11.4. The van der Waals surface area contributed by atoms with Gasteiger partial charge in [-0.25, -0.2) is 8.42 Å². The van der Waals surface area contributed by atoms with E-state index < -0.39 is 35.6 Å². The molecule has 0 bridgehead atoms. The number of benzene rings is 1. The fourth-order valence-electron chi connectivity index (χ4n) is 1.23. The third-order valence-corrected chi connectivity index (χ3v) is 7.13. The van der Waals surface area contributed by atoms with Gasteiger partial charge in [0.25, 0.3) is 0 Å². The van der Waals surface area contributed by atoms with E-state index in [0.717, 1.165) is 16.9 Å². The van der Waals surface area contributed by atoms with Crippen LogP contribution in [-0.4, -0.2) is 13.9 Å². The van der Waals surface area contributed by atoms with Crippen molar-refractivity contribution in [2.24, 2.45) is 0 Å². The SMILES string of the molecule is Cc1ccc(S(=O)(=O)NC(P(=O)([O-])[O-])P(=O)([O-])[O-])cc1.[CH3+].[CH3+].[CH3+].[CH3+].[HH]. The van der Waals surface area contributed by atoms with Gasteiger partial charge in [-0.2, -0.15) is 4.72 Å². The molecule has 0 aliphatic carbocycles. The summed E-state index contributed by atoms with van der Waals surface area (Å²) in [6, 6.07) is 4.86. The Morgan fingerprint density at radius 3 is 1.54 bits per heavy atom. The zero-order valence-corrected chi connectivity index (χ0v) is 16.6. The minimum absolute atomic E-state index is 0. The van der Waals surface area contributed by atoms with Crippen molar-refractivity contribution in [1.82, 2.24) is 4.72 Å². The molecule has 24 heavy (non-hydrogen) atoms. The van der Waals surface area contributed by atoms with Crippen molar-refractivity contribution in [3.63, 3.8) is 0 Å². The fraction of sp³-hybridized carbons (Fsp3) is 0.167. The Morgan fingerprint density at radius 1 is 0.917 bits per heavy atom. The van der Waals surface area contributed by atoms with Gasteiger partial charge in [-0.3, -0.25) is 0 Å². The minimum atomic E-state index is -6.00. The van der Waals surface area contributed by atoms with Crippen molar-refractivity contribution in [3.05, 3.63) is 59.5 Å². The van der Waals surface area contributed by atoms with Gasteiger partial charge >= 0.3 is 0 Å². The molecular weight excluding hydrogens is 380 g/mol.